The van der Waals surface area contributed by atoms with E-state index in [2.05, 4.69) is 25.3 Å². The molecule has 13 heteroatoms. The second kappa shape index (κ2) is 10.9. The molecular weight excluding hydrogens is 522 g/mol. The summed E-state index contributed by atoms with van der Waals surface area (Å²) in [7, 11) is 4.38. The first-order chi connectivity index (χ1) is 19.2. The van der Waals surface area contributed by atoms with Crippen LogP contribution in [0.5, 0.6) is 5.75 Å². The van der Waals surface area contributed by atoms with E-state index in [1.54, 1.807) is 36.6 Å². The quantitative estimate of drug-likeness (QED) is 0.369. The zero-order valence-corrected chi connectivity index (χ0v) is 22.5. The summed E-state index contributed by atoms with van der Waals surface area (Å²) in [5.74, 6) is -1.14. The number of aromatic nitrogens is 4. The minimum atomic E-state index is -0.792. The Kier molecular flexibility index (Phi) is 7.39. The Labute approximate surface area is 229 Å². The summed E-state index contributed by atoms with van der Waals surface area (Å²) < 4.78 is 40.8. The second-order valence-electron chi connectivity index (χ2n) is 9.74. The normalized spacial score (nSPS) is 19.0. The molecule has 0 spiro atoms. The van der Waals surface area contributed by atoms with Crippen molar-refractivity contribution in [3.63, 3.8) is 0 Å². The molecule has 0 aliphatic carbocycles. The van der Waals surface area contributed by atoms with E-state index >= 15 is 0 Å². The number of fused-ring (bicyclic) bond motifs is 1. The van der Waals surface area contributed by atoms with Gasteiger partial charge in [-0.25, -0.2) is 18.6 Å². The Hall–Kier alpha value is -4.52. The average molecular weight is 553 g/mol. The number of methoxy groups -OCH3 is 2. The van der Waals surface area contributed by atoms with Gasteiger partial charge in [0, 0.05) is 44.5 Å². The van der Waals surface area contributed by atoms with Gasteiger partial charge in [-0.3, -0.25) is 4.98 Å². The Morgan fingerprint density at radius 1 is 1.15 bits per heavy atom. The predicted octanol–water partition coefficient (Wildman–Crippen LogP) is 3.67. The van der Waals surface area contributed by atoms with Crippen LogP contribution < -0.4 is 20.7 Å². The summed E-state index contributed by atoms with van der Waals surface area (Å²) in [6.07, 6.45) is 4.51. The van der Waals surface area contributed by atoms with Gasteiger partial charge in [-0.05, 0) is 24.1 Å². The number of piperidine rings is 1. The molecule has 210 valence electrons. The van der Waals surface area contributed by atoms with Gasteiger partial charge in [0.2, 0.25) is 5.95 Å². The molecule has 0 unspecified atom stereocenters. The van der Waals surface area contributed by atoms with E-state index in [-0.39, 0.29) is 35.0 Å². The molecule has 1 aromatic carbocycles. The third-order valence-electron chi connectivity index (χ3n) is 7.15. The zero-order chi connectivity index (χ0) is 28.6. The minimum absolute atomic E-state index is 0.0413. The number of rotatable bonds is 6. The number of carbonyl (C=O) groups excluding carboxylic acids is 1. The minimum Gasteiger partial charge on any atom is -0.497 e. The van der Waals surface area contributed by atoms with Gasteiger partial charge in [0.15, 0.2) is 0 Å². The van der Waals surface area contributed by atoms with Crippen molar-refractivity contribution in [3.8, 4) is 17.0 Å². The van der Waals surface area contributed by atoms with Crippen LogP contribution in [0.25, 0.3) is 16.8 Å². The fourth-order valence-electron chi connectivity index (χ4n) is 5.34. The van der Waals surface area contributed by atoms with Crippen LogP contribution in [0.15, 0.2) is 48.9 Å². The van der Waals surface area contributed by atoms with E-state index in [4.69, 9.17) is 15.2 Å². The Morgan fingerprint density at radius 3 is 2.58 bits per heavy atom. The highest BCUT2D eigenvalue weighted by Crippen LogP contribution is 2.33. The molecule has 40 heavy (non-hydrogen) atoms. The third kappa shape index (κ3) is 4.95. The number of carbonyl (C=O) groups is 1. The van der Waals surface area contributed by atoms with Crippen molar-refractivity contribution in [2.45, 2.75) is 19.0 Å². The first-order valence-electron chi connectivity index (χ1n) is 12.6. The summed E-state index contributed by atoms with van der Waals surface area (Å²) in [5, 5.41) is 7.73. The van der Waals surface area contributed by atoms with Gasteiger partial charge in [-0.15, -0.1) is 0 Å². The number of nitrogens with zero attached hydrogens (tertiary/aromatic N) is 6. The summed E-state index contributed by atoms with van der Waals surface area (Å²) in [5.41, 5.74) is 8.45. The molecule has 0 bridgehead atoms. The number of imidazole rings is 1. The molecule has 3 N–H and O–H groups in total. The molecule has 1 fully saturated rings. The number of ether oxygens (including phenoxy) is 2. The summed E-state index contributed by atoms with van der Waals surface area (Å²) >= 11 is 0. The highest BCUT2D eigenvalue weighted by molar-refractivity contribution is 5.74. The Morgan fingerprint density at radius 2 is 1.90 bits per heavy atom. The Bertz CT molecular complexity index is 1510. The van der Waals surface area contributed by atoms with Crippen LogP contribution in [0.2, 0.25) is 0 Å². The van der Waals surface area contributed by atoms with Gasteiger partial charge >= 0.3 is 6.09 Å². The average Bonchev–Trinajstić information content (AvgIpc) is 3.33. The molecule has 1 aliphatic heterocycles. The first kappa shape index (κ1) is 27.1. The molecule has 0 radical (unpaired) electrons. The highest BCUT2D eigenvalue weighted by atomic mass is 19.1. The molecule has 4 aromatic rings. The molecule has 0 saturated carbocycles. The number of benzene rings is 1. The molecule has 3 atom stereocenters. The molecule has 1 amide bonds. The smallest absolute Gasteiger partial charge is 0.409 e. The molecule has 1 saturated heterocycles. The van der Waals surface area contributed by atoms with Crippen molar-refractivity contribution >= 4 is 28.9 Å². The largest absolute Gasteiger partial charge is 0.497 e. The Balaban J connectivity index is 1.44. The molecule has 4 heterocycles. The van der Waals surface area contributed by atoms with Gasteiger partial charge in [0.1, 0.15) is 17.4 Å². The van der Waals surface area contributed by atoms with Gasteiger partial charge in [-0.1, -0.05) is 6.92 Å². The van der Waals surface area contributed by atoms with Gasteiger partial charge < -0.3 is 30.3 Å². The zero-order valence-electron chi connectivity index (χ0n) is 22.5. The number of pyridine rings is 1. The van der Waals surface area contributed by atoms with Crippen LogP contribution in [-0.4, -0.2) is 77.0 Å². The van der Waals surface area contributed by atoms with Gasteiger partial charge in [0.05, 0.1) is 60.8 Å². The fraction of sp³-hybridized carbons (Fsp3) is 0.333. The van der Waals surface area contributed by atoms with Crippen molar-refractivity contribution in [2.75, 3.05) is 44.6 Å². The molecule has 1 aliphatic rings. The summed E-state index contributed by atoms with van der Waals surface area (Å²) in [6, 6.07) is 6.76. The molecule has 11 nitrogen and oxygen atoms in total. The fourth-order valence-corrected chi connectivity index (χ4v) is 5.34. The van der Waals surface area contributed by atoms with Crippen molar-refractivity contribution in [2.24, 2.45) is 11.7 Å². The number of amides is 1. The number of hydrogen-bond acceptors (Lipinski definition) is 9. The number of likely N-dealkylation sites (N-methyl/N-ethyl adjacent to an activating group) is 1. The van der Waals surface area contributed by atoms with E-state index in [1.165, 1.54) is 24.8 Å². The van der Waals surface area contributed by atoms with Gasteiger partial charge in [-0.2, -0.15) is 9.61 Å². The van der Waals surface area contributed by atoms with Crippen LogP contribution in [0, 0.1) is 17.6 Å². The first-order valence-corrected chi connectivity index (χ1v) is 12.6. The number of anilines is 3. The van der Waals surface area contributed by atoms with Crippen LogP contribution in [0.4, 0.5) is 30.9 Å². The monoisotopic (exact) mass is 552 g/mol. The van der Waals surface area contributed by atoms with Crippen molar-refractivity contribution in [3.05, 3.63) is 60.6 Å². The number of nitrogens with two attached hydrogens (primary N) is 1. The van der Waals surface area contributed by atoms with Crippen molar-refractivity contribution in [1.29, 1.82) is 0 Å². The van der Waals surface area contributed by atoms with E-state index in [9.17, 15) is 13.6 Å². The predicted molar refractivity (Wildman–Crippen MR) is 146 cm³/mol. The highest BCUT2D eigenvalue weighted by Gasteiger charge is 2.38. The molecular formula is C27H30F2N8O3. The number of nitrogens with one attached hydrogen (secondary N) is 1. The number of hydrogen-bond donors (Lipinski definition) is 2. The second-order valence-corrected chi connectivity index (χ2v) is 9.74. The molecule has 5 rings (SSSR count). The van der Waals surface area contributed by atoms with E-state index in [0.717, 1.165) is 17.8 Å². The summed E-state index contributed by atoms with van der Waals surface area (Å²) in [4.78, 5) is 24.5. The van der Waals surface area contributed by atoms with Gasteiger partial charge in [0.25, 0.3) is 0 Å². The van der Waals surface area contributed by atoms with Crippen LogP contribution in [-0.2, 0) is 4.74 Å². The van der Waals surface area contributed by atoms with Crippen LogP contribution >= 0.6 is 0 Å². The maximum absolute atomic E-state index is 14.8. The maximum Gasteiger partial charge on any atom is 0.409 e. The maximum atomic E-state index is 14.8. The lowest BCUT2D eigenvalue weighted by Gasteiger charge is -2.45. The summed E-state index contributed by atoms with van der Waals surface area (Å²) in [6.45, 7) is 3.14. The van der Waals surface area contributed by atoms with Crippen molar-refractivity contribution < 1.29 is 23.0 Å². The van der Waals surface area contributed by atoms with E-state index in [0.29, 0.717) is 30.2 Å². The van der Waals surface area contributed by atoms with E-state index < -0.39 is 17.7 Å². The van der Waals surface area contributed by atoms with Crippen LogP contribution in [0.1, 0.15) is 6.92 Å². The molecule has 3 aromatic heterocycles. The van der Waals surface area contributed by atoms with Crippen LogP contribution in [0.3, 0.4) is 0 Å². The van der Waals surface area contributed by atoms with Crippen molar-refractivity contribution in [1.82, 2.24) is 24.5 Å². The van der Waals surface area contributed by atoms with E-state index in [1.807, 2.05) is 13.0 Å². The number of halogens is 2. The third-order valence-corrected chi connectivity index (χ3v) is 7.15. The lowest BCUT2D eigenvalue weighted by atomic mass is 9.89. The lowest BCUT2D eigenvalue weighted by Crippen LogP contribution is -2.62. The standard InChI is InChI=1S/C27H30F2N8O3/c1-15-13-36(14-20(30)25(15)35(2)27(38)40-4)23-7-8-31-12-22(23)33-26-32-11-16-5-6-21(34-37(16)26)24-18(28)9-17(39-3)10-19(24)29/h5-12,15,20,25H,13-14,30H2,1-4H3,(H,32,33)/t15-,20+,25-/m0/s1. The lowest BCUT2D eigenvalue weighted by molar-refractivity contribution is 0.0906. The topological polar surface area (TPSA) is 123 Å². The SMILES string of the molecule is COC(=O)N(C)[C@@H]1[C@H](N)CN(c2ccncc2Nc2ncc3ccc(-c4c(F)cc(OC)cc4F)nn23)C[C@@H]1C.